The molecule has 1 amide bonds. The average Bonchev–Trinajstić information content (AvgIpc) is 2.80. The number of piperazine rings is 1. The molecule has 116 valence electrons. The van der Waals surface area contributed by atoms with E-state index in [2.05, 4.69) is 23.9 Å². The van der Waals surface area contributed by atoms with E-state index in [1.807, 2.05) is 33.7 Å². The lowest BCUT2D eigenvalue weighted by Gasteiger charge is -2.37. The van der Waals surface area contributed by atoms with Gasteiger partial charge in [0.2, 0.25) is 5.91 Å². The van der Waals surface area contributed by atoms with Crippen LogP contribution in [0.1, 0.15) is 12.6 Å². The highest BCUT2D eigenvalue weighted by atomic mass is 35.5. The minimum absolute atomic E-state index is 0.0162. The summed E-state index contributed by atoms with van der Waals surface area (Å²) < 4.78 is 1.87. The molecule has 1 fully saturated rings. The van der Waals surface area contributed by atoms with E-state index < -0.39 is 0 Å². The molecule has 2 aromatic rings. The van der Waals surface area contributed by atoms with Gasteiger partial charge in [-0.05, 0) is 32.2 Å². The predicted molar refractivity (Wildman–Crippen MR) is 87.9 cm³/mol. The molecule has 3 rings (SSSR count). The van der Waals surface area contributed by atoms with E-state index in [9.17, 15) is 4.79 Å². The molecular weight excluding hydrogens is 300 g/mol. The molecule has 0 aliphatic carbocycles. The lowest BCUT2D eigenvalue weighted by atomic mass is 10.2. The summed E-state index contributed by atoms with van der Waals surface area (Å²) in [7, 11) is 2.08. The highest BCUT2D eigenvalue weighted by Gasteiger charge is 2.24. The molecule has 0 saturated carbocycles. The second-order valence-corrected chi connectivity index (χ2v) is 6.05. The molecule has 0 bridgehead atoms. The van der Waals surface area contributed by atoms with Crippen molar-refractivity contribution in [2.24, 2.45) is 0 Å². The first-order valence-corrected chi connectivity index (χ1v) is 7.74. The number of likely N-dealkylation sites (N-methyl/N-ethyl adjacent to an activating group) is 1. The largest absolute Gasteiger partial charge is 0.334 e. The van der Waals surface area contributed by atoms with Gasteiger partial charge in [0.1, 0.15) is 5.65 Å². The number of nitrogens with zero attached hydrogens (tertiary/aromatic N) is 4. The number of hydrogen-bond donors (Lipinski definition) is 0. The first kappa shape index (κ1) is 15.1. The summed E-state index contributed by atoms with van der Waals surface area (Å²) in [6.07, 6.45) is 5.22. The van der Waals surface area contributed by atoms with Gasteiger partial charge >= 0.3 is 0 Å². The van der Waals surface area contributed by atoms with Crippen LogP contribution in [-0.2, 0) is 4.79 Å². The Hall–Kier alpha value is -1.85. The summed E-state index contributed by atoms with van der Waals surface area (Å²) >= 11 is 6.17. The van der Waals surface area contributed by atoms with E-state index in [1.54, 1.807) is 12.2 Å². The number of fused-ring (bicyclic) bond motifs is 1. The molecule has 0 aromatic carbocycles. The number of imidazole rings is 1. The van der Waals surface area contributed by atoms with Gasteiger partial charge in [-0.2, -0.15) is 0 Å². The van der Waals surface area contributed by atoms with Crippen molar-refractivity contribution in [2.45, 2.75) is 13.0 Å². The second-order valence-electron chi connectivity index (χ2n) is 5.69. The molecule has 6 heteroatoms. The van der Waals surface area contributed by atoms with E-state index in [4.69, 9.17) is 11.6 Å². The Labute approximate surface area is 134 Å². The molecule has 1 aliphatic rings. The minimum atomic E-state index is 0.0162. The summed E-state index contributed by atoms with van der Waals surface area (Å²) in [6, 6.07) is 5.91. The van der Waals surface area contributed by atoms with Crippen molar-refractivity contribution in [2.75, 3.05) is 26.7 Å². The highest BCUT2D eigenvalue weighted by Crippen LogP contribution is 2.19. The molecule has 3 heterocycles. The third kappa shape index (κ3) is 2.87. The fourth-order valence-corrected chi connectivity index (χ4v) is 3.09. The summed E-state index contributed by atoms with van der Waals surface area (Å²) in [5.74, 6) is 0.0162. The predicted octanol–water partition coefficient (Wildman–Crippen LogP) is 2.16. The molecule has 22 heavy (non-hydrogen) atoms. The van der Waals surface area contributed by atoms with Crippen molar-refractivity contribution in [3.8, 4) is 0 Å². The Bertz CT molecular complexity index is 724. The van der Waals surface area contributed by atoms with Crippen LogP contribution < -0.4 is 0 Å². The zero-order valence-corrected chi connectivity index (χ0v) is 13.5. The van der Waals surface area contributed by atoms with Crippen LogP contribution in [-0.4, -0.2) is 57.8 Å². The number of amides is 1. The fourth-order valence-electron chi connectivity index (χ4n) is 2.85. The Morgan fingerprint density at radius 1 is 1.41 bits per heavy atom. The summed E-state index contributed by atoms with van der Waals surface area (Å²) in [4.78, 5) is 20.8. The van der Waals surface area contributed by atoms with Gasteiger partial charge in [0.15, 0.2) is 5.15 Å². The van der Waals surface area contributed by atoms with Crippen LogP contribution in [0.3, 0.4) is 0 Å². The van der Waals surface area contributed by atoms with Crippen LogP contribution in [0.4, 0.5) is 0 Å². The van der Waals surface area contributed by atoms with Crippen LogP contribution >= 0.6 is 11.6 Å². The number of rotatable bonds is 2. The zero-order valence-electron chi connectivity index (χ0n) is 12.7. The van der Waals surface area contributed by atoms with Crippen molar-refractivity contribution < 1.29 is 4.79 Å². The first-order valence-electron chi connectivity index (χ1n) is 7.36. The second kappa shape index (κ2) is 6.10. The maximum absolute atomic E-state index is 12.4. The molecule has 1 aliphatic heterocycles. The SMILES string of the molecule is CC1CN(C)CCN1C(=O)C=Cc1c(Cl)nc2ccccn12. The van der Waals surface area contributed by atoms with Gasteiger partial charge < -0.3 is 9.80 Å². The van der Waals surface area contributed by atoms with Crippen LogP contribution in [0.25, 0.3) is 11.7 Å². The fraction of sp³-hybridized carbons (Fsp3) is 0.375. The minimum Gasteiger partial charge on any atom is -0.334 e. The van der Waals surface area contributed by atoms with E-state index in [1.165, 1.54) is 0 Å². The van der Waals surface area contributed by atoms with Crippen LogP contribution in [0.2, 0.25) is 5.15 Å². The summed E-state index contributed by atoms with van der Waals surface area (Å²) in [5, 5.41) is 0.404. The molecule has 2 aromatic heterocycles. The van der Waals surface area contributed by atoms with Crippen molar-refractivity contribution >= 4 is 29.2 Å². The Kier molecular flexibility index (Phi) is 4.18. The first-order chi connectivity index (χ1) is 10.6. The number of pyridine rings is 1. The van der Waals surface area contributed by atoms with Gasteiger partial charge in [0, 0.05) is 37.9 Å². The molecule has 1 saturated heterocycles. The number of halogens is 1. The van der Waals surface area contributed by atoms with E-state index >= 15 is 0 Å². The van der Waals surface area contributed by atoms with Crippen LogP contribution in [0.15, 0.2) is 30.5 Å². The maximum Gasteiger partial charge on any atom is 0.246 e. The lowest BCUT2D eigenvalue weighted by Crippen LogP contribution is -2.52. The normalized spacial score (nSPS) is 20.1. The molecule has 1 unspecified atom stereocenters. The summed E-state index contributed by atoms with van der Waals surface area (Å²) in [6.45, 7) is 4.63. The quantitative estimate of drug-likeness (QED) is 0.797. The summed E-state index contributed by atoms with van der Waals surface area (Å²) in [5.41, 5.74) is 1.50. The highest BCUT2D eigenvalue weighted by molar-refractivity contribution is 6.31. The molecule has 0 radical (unpaired) electrons. The molecule has 1 atom stereocenters. The number of carbonyl (C=O) groups is 1. The lowest BCUT2D eigenvalue weighted by molar-refractivity contribution is -0.130. The van der Waals surface area contributed by atoms with Gasteiger partial charge in [-0.1, -0.05) is 17.7 Å². The van der Waals surface area contributed by atoms with E-state index in [-0.39, 0.29) is 11.9 Å². The smallest absolute Gasteiger partial charge is 0.246 e. The van der Waals surface area contributed by atoms with Gasteiger partial charge in [-0.3, -0.25) is 9.20 Å². The average molecular weight is 319 g/mol. The van der Waals surface area contributed by atoms with Crippen LogP contribution in [0, 0.1) is 0 Å². The van der Waals surface area contributed by atoms with Gasteiger partial charge in [-0.15, -0.1) is 0 Å². The molecule has 0 spiro atoms. The monoisotopic (exact) mass is 318 g/mol. The Morgan fingerprint density at radius 3 is 3.00 bits per heavy atom. The Morgan fingerprint density at radius 2 is 2.23 bits per heavy atom. The van der Waals surface area contributed by atoms with Crippen molar-refractivity contribution in [3.63, 3.8) is 0 Å². The number of aromatic nitrogens is 2. The van der Waals surface area contributed by atoms with Gasteiger partial charge in [0.05, 0.1) is 5.69 Å². The standard InChI is InChI=1S/C16H19ClN4O/c1-12-11-19(2)9-10-20(12)15(22)7-6-13-16(17)18-14-5-3-4-8-21(13)14/h3-8,12H,9-11H2,1-2H3. The van der Waals surface area contributed by atoms with Gasteiger partial charge in [0.25, 0.3) is 0 Å². The molecule has 5 nitrogen and oxygen atoms in total. The number of hydrogen-bond acceptors (Lipinski definition) is 3. The van der Waals surface area contributed by atoms with E-state index in [0.29, 0.717) is 5.15 Å². The molecule has 0 N–H and O–H groups in total. The van der Waals surface area contributed by atoms with Crippen LogP contribution in [0.5, 0.6) is 0 Å². The van der Waals surface area contributed by atoms with Crippen molar-refractivity contribution in [3.05, 3.63) is 41.3 Å². The third-order valence-corrected chi connectivity index (χ3v) is 4.30. The maximum atomic E-state index is 12.4. The zero-order chi connectivity index (χ0) is 15.7. The van der Waals surface area contributed by atoms with Gasteiger partial charge in [-0.25, -0.2) is 4.98 Å². The van der Waals surface area contributed by atoms with Crippen molar-refractivity contribution in [1.29, 1.82) is 0 Å². The Balaban J connectivity index is 1.81. The van der Waals surface area contributed by atoms with E-state index in [0.717, 1.165) is 31.0 Å². The number of carbonyl (C=O) groups excluding carboxylic acids is 1. The third-order valence-electron chi connectivity index (χ3n) is 4.02. The topological polar surface area (TPSA) is 40.8 Å². The molecular formula is C16H19ClN4O. The van der Waals surface area contributed by atoms with Crippen molar-refractivity contribution in [1.82, 2.24) is 19.2 Å².